The molecule has 0 bridgehead atoms. The lowest BCUT2D eigenvalue weighted by molar-refractivity contribution is -0.117. The lowest BCUT2D eigenvalue weighted by Gasteiger charge is -2.32. The van der Waals surface area contributed by atoms with Gasteiger partial charge in [-0.3, -0.25) is 4.79 Å². The highest BCUT2D eigenvalue weighted by atomic mass is 16.1. The van der Waals surface area contributed by atoms with Crippen molar-refractivity contribution in [1.82, 2.24) is 4.90 Å². The summed E-state index contributed by atoms with van der Waals surface area (Å²) in [4.78, 5) is 15.4. The van der Waals surface area contributed by atoms with Crippen molar-refractivity contribution in [2.24, 2.45) is 5.92 Å². The molecule has 1 aromatic rings. The third-order valence-corrected chi connectivity index (χ3v) is 5.19. The van der Waals surface area contributed by atoms with Crippen LogP contribution in [0.1, 0.15) is 43.6 Å². The van der Waals surface area contributed by atoms with Crippen LogP contribution in [0.25, 0.3) is 0 Å². The highest BCUT2D eigenvalue weighted by Gasteiger charge is 2.45. The smallest absolute Gasteiger partial charge is 0.168 e. The van der Waals surface area contributed by atoms with Gasteiger partial charge in [0.2, 0.25) is 0 Å². The first-order valence-corrected chi connectivity index (χ1v) is 7.93. The van der Waals surface area contributed by atoms with Crippen LogP contribution in [-0.2, 0) is 4.79 Å². The molecule has 0 N–H and O–H groups in total. The quantitative estimate of drug-likeness (QED) is 0.776. The predicted octanol–water partition coefficient (Wildman–Crippen LogP) is 3.50. The molecule has 1 saturated heterocycles. The fourth-order valence-electron chi connectivity index (χ4n) is 4.37. The second-order valence-corrected chi connectivity index (χ2v) is 6.31. The first-order valence-electron chi connectivity index (χ1n) is 7.93. The summed E-state index contributed by atoms with van der Waals surface area (Å²) in [6.45, 7) is 2.31. The van der Waals surface area contributed by atoms with E-state index in [2.05, 4.69) is 29.2 Å². The Hall–Kier alpha value is -1.57. The monoisotopic (exact) mass is 267 g/mol. The molecule has 1 fully saturated rings. The molecule has 104 valence electrons. The van der Waals surface area contributed by atoms with Gasteiger partial charge in [-0.25, -0.2) is 0 Å². The van der Waals surface area contributed by atoms with Gasteiger partial charge in [0.15, 0.2) is 5.78 Å². The van der Waals surface area contributed by atoms with E-state index in [1.165, 1.54) is 30.5 Å². The van der Waals surface area contributed by atoms with E-state index in [1.54, 1.807) is 0 Å². The standard InChI is InChI=1S/C18H21NO/c20-18-15-10-6-12-19-11-5-4-9-14(17(15)19)16(18)13-7-2-1-3-8-13/h1-3,7-8,14,16H,4-6,9-12H2/t14-,16-/m1/s1. The Balaban J connectivity index is 1.79. The molecule has 4 rings (SSSR count). The van der Waals surface area contributed by atoms with Crippen LogP contribution in [0.2, 0.25) is 0 Å². The number of hydrogen-bond donors (Lipinski definition) is 0. The van der Waals surface area contributed by atoms with E-state index in [0.29, 0.717) is 11.7 Å². The molecule has 20 heavy (non-hydrogen) atoms. The molecular formula is C18H21NO. The summed E-state index contributed by atoms with van der Waals surface area (Å²) in [5, 5.41) is 0. The summed E-state index contributed by atoms with van der Waals surface area (Å²) >= 11 is 0. The Morgan fingerprint density at radius 3 is 2.65 bits per heavy atom. The maximum absolute atomic E-state index is 12.9. The molecule has 1 aromatic carbocycles. The Kier molecular flexibility index (Phi) is 2.90. The first kappa shape index (κ1) is 12.2. The third kappa shape index (κ3) is 1.74. The van der Waals surface area contributed by atoms with Crippen LogP contribution in [-0.4, -0.2) is 23.8 Å². The summed E-state index contributed by atoms with van der Waals surface area (Å²) in [6.07, 6.45) is 5.88. The van der Waals surface area contributed by atoms with Crippen molar-refractivity contribution in [2.75, 3.05) is 13.1 Å². The summed E-state index contributed by atoms with van der Waals surface area (Å²) in [5.41, 5.74) is 3.81. The SMILES string of the molecule is O=C1C2=C3[C@H](CCCCN3CCC2)[C@H]1c1ccccc1. The van der Waals surface area contributed by atoms with Gasteiger partial charge in [0.1, 0.15) is 0 Å². The Bertz CT molecular complexity index is 560. The average Bonchev–Trinajstić information content (AvgIpc) is 2.64. The molecule has 1 aliphatic carbocycles. The van der Waals surface area contributed by atoms with Gasteiger partial charge in [-0.2, -0.15) is 0 Å². The normalized spacial score (nSPS) is 29.4. The molecular weight excluding hydrogens is 246 g/mol. The number of ketones is 1. The van der Waals surface area contributed by atoms with Crippen molar-refractivity contribution < 1.29 is 4.79 Å². The number of carbonyl (C=O) groups is 1. The molecule has 3 aliphatic rings. The number of Topliss-reactive ketones (excluding diaryl/α,β-unsaturated/α-hetero) is 1. The van der Waals surface area contributed by atoms with Gasteiger partial charge in [-0.05, 0) is 31.2 Å². The van der Waals surface area contributed by atoms with E-state index in [-0.39, 0.29) is 5.92 Å². The lowest BCUT2D eigenvalue weighted by atomic mass is 9.84. The van der Waals surface area contributed by atoms with E-state index in [0.717, 1.165) is 31.5 Å². The molecule has 2 atom stereocenters. The second-order valence-electron chi connectivity index (χ2n) is 6.31. The number of nitrogens with zero attached hydrogens (tertiary/aromatic N) is 1. The molecule has 2 nitrogen and oxygen atoms in total. The van der Waals surface area contributed by atoms with Crippen LogP contribution in [0.15, 0.2) is 41.6 Å². The lowest BCUT2D eigenvalue weighted by Crippen LogP contribution is -2.30. The van der Waals surface area contributed by atoms with Gasteiger partial charge in [-0.1, -0.05) is 36.8 Å². The summed E-state index contributed by atoms with van der Waals surface area (Å²) < 4.78 is 0. The first-order chi connectivity index (χ1) is 9.86. The van der Waals surface area contributed by atoms with Crippen molar-refractivity contribution in [3.63, 3.8) is 0 Å². The van der Waals surface area contributed by atoms with Crippen LogP contribution in [0.4, 0.5) is 0 Å². The number of carbonyl (C=O) groups excluding carboxylic acids is 1. The highest BCUT2D eigenvalue weighted by molar-refractivity contribution is 6.04. The number of benzene rings is 1. The van der Waals surface area contributed by atoms with Crippen molar-refractivity contribution >= 4 is 5.78 Å². The molecule has 0 aromatic heterocycles. The fourth-order valence-corrected chi connectivity index (χ4v) is 4.37. The Labute approximate surface area is 120 Å². The minimum absolute atomic E-state index is 0.0971. The van der Waals surface area contributed by atoms with E-state index in [1.807, 2.05) is 6.07 Å². The van der Waals surface area contributed by atoms with Crippen LogP contribution in [0.3, 0.4) is 0 Å². The van der Waals surface area contributed by atoms with Crippen LogP contribution < -0.4 is 0 Å². The maximum Gasteiger partial charge on any atom is 0.168 e. The minimum atomic E-state index is 0.0971. The Morgan fingerprint density at radius 1 is 1.00 bits per heavy atom. The average molecular weight is 267 g/mol. The molecule has 0 amide bonds. The summed E-state index contributed by atoms with van der Waals surface area (Å²) in [5.74, 6) is 0.963. The number of hydrogen-bond acceptors (Lipinski definition) is 2. The summed E-state index contributed by atoms with van der Waals surface area (Å²) in [6, 6.07) is 10.4. The highest BCUT2D eigenvalue weighted by Crippen LogP contribution is 2.49. The maximum atomic E-state index is 12.9. The van der Waals surface area contributed by atoms with Crippen molar-refractivity contribution in [2.45, 2.75) is 38.0 Å². The van der Waals surface area contributed by atoms with E-state index >= 15 is 0 Å². The van der Waals surface area contributed by atoms with E-state index < -0.39 is 0 Å². The number of allylic oxidation sites excluding steroid dienone is 2. The number of rotatable bonds is 1. The predicted molar refractivity (Wildman–Crippen MR) is 79.4 cm³/mol. The fraction of sp³-hybridized carbons (Fsp3) is 0.500. The molecule has 2 heterocycles. The summed E-state index contributed by atoms with van der Waals surface area (Å²) in [7, 11) is 0. The minimum Gasteiger partial charge on any atom is -0.374 e. The van der Waals surface area contributed by atoms with Crippen molar-refractivity contribution in [1.29, 1.82) is 0 Å². The molecule has 2 heteroatoms. The Morgan fingerprint density at radius 2 is 1.80 bits per heavy atom. The molecule has 0 saturated carbocycles. The molecule has 0 unspecified atom stereocenters. The largest absolute Gasteiger partial charge is 0.374 e. The van der Waals surface area contributed by atoms with Crippen LogP contribution >= 0.6 is 0 Å². The van der Waals surface area contributed by atoms with Gasteiger partial charge < -0.3 is 4.90 Å². The zero-order valence-corrected chi connectivity index (χ0v) is 11.8. The van der Waals surface area contributed by atoms with Crippen LogP contribution in [0, 0.1) is 5.92 Å². The zero-order valence-electron chi connectivity index (χ0n) is 11.8. The zero-order chi connectivity index (χ0) is 13.5. The van der Waals surface area contributed by atoms with Gasteiger partial charge in [-0.15, -0.1) is 0 Å². The molecule has 0 spiro atoms. The van der Waals surface area contributed by atoms with Crippen LogP contribution in [0.5, 0.6) is 0 Å². The molecule has 2 aliphatic heterocycles. The van der Waals surface area contributed by atoms with Gasteiger partial charge in [0.05, 0.1) is 5.92 Å². The van der Waals surface area contributed by atoms with E-state index in [4.69, 9.17) is 0 Å². The van der Waals surface area contributed by atoms with Gasteiger partial charge in [0, 0.05) is 30.3 Å². The third-order valence-electron chi connectivity index (χ3n) is 5.19. The van der Waals surface area contributed by atoms with Gasteiger partial charge >= 0.3 is 0 Å². The second kappa shape index (κ2) is 4.76. The molecule has 0 radical (unpaired) electrons. The van der Waals surface area contributed by atoms with Crippen molar-refractivity contribution in [3.8, 4) is 0 Å². The van der Waals surface area contributed by atoms with E-state index in [9.17, 15) is 4.79 Å². The topological polar surface area (TPSA) is 20.3 Å². The van der Waals surface area contributed by atoms with Crippen molar-refractivity contribution in [3.05, 3.63) is 47.2 Å². The van der Waals surface area contributed by atoms with Gasteiger partial charge in [0.25, 0.3) is 0 Å².